The zero-order valence-electron chi connectivity index (χ0n) is 10.2. The summed E-state index contributed by atoms with van der Waals surface area (Å²) < 4.78 is 10.6. The standard InChI is InChI=1S/C13H17NO3/c1-13(2,14(15)5-6-14)8-10-3-4-11-12(7-10)17-9-16-11/h3-4,7H,5-6,8-9H2,1-2H3. The fourth-order valence-electron chi connectivity index (χ4n) is 2.39. The third kappa shape index (κ3) is 1.77. The van der Waals surface area contributed by atoms with E-state index in [1.165, 1.54) is 0 Å². The summed E-state index contributed by atoms with van der Waals surface area (Å²) in [4.78, 5) is 0. The van der Waals surface area contributed by atoms with Crippen LogP contribution in [0.2, 0.25) is 0 Å². The molecule has 2 aliphatic rings. The average Bonchev–Trinajstić information content (AvgIpc) is 2.88. The Labute approximate surface area is 101 Å². The van der Waals surface area contributed by atoms with E-state index < -0.39 is 0 Å². The molecule has 1 fully saturated rings. The van der Waals surface area contributed by atoms with Gasteiger partial charge in [-0.05, 0) is 31.5 Å². The van der Waals surface area contributed by atoms with Crippen LogP contribution in [0.25, 0.3) is 0 Å². The van der Waals surface area contributed by atoms with Gasteiger partial charge in [0.2, 0.25) is 6.79 Å². The van der Waals surface area contributed by atoms with Gasteiger partial charge in [-0.2, -0.15) is 0 Å². The topological polar surface area (TPSA) is 41.5 Å². The number of nitrogens with zero attached hydrogens (tertiary/aromatic N) is 1. The second-order valence-electron chi connectivity index (χ2n) is 5.51. The lowest BCUT2D eigenvalue weighted by molar-refractivity contribution is -0.802. The van der Waals surface area contributed by atoms with Gasteiger partial charge in [0.1, 0.15) is 13.1 Å². The van der Waals surface area contributed by atoms with Crippen LogP contribution < -0.4 is 9.47 Å². The summed E-state index contributed by atoms with van der Waals surface area (Å²) in [5.41, 5.74) is 0.882. The zero-order chi connectivity index (χ0) is 12.1. The average molecular weight is 235 g/mol. The van der Waals surface area contributed by atoms with E-state index in [1.807, 2.05) is 32.0 Å². The maximum Gasteiger partial charge on any atom is 0.231 e. The van der Waals surface area contributed by atoms with Gasteiger partial charge in [0, 0.05) is 6.42 Å². The van der Waals surface area contributed by atoms with Crippen molar-refractivity contribution in [1.82, 2.24) is 0 Å². The molecule has 0 N–H and O–H groups in total. The number of hydrogen-bond acceptors (Lipinski definition) is 3. The molecule has 0 spiro atoms. The number of benzene rings is 1. The molecule has 3 rings (SSSR count). The van der Waals surface area contributed by atoms with E-state index >= 15 is 0 Å². The minimum Gasteiger partial charge on any atom is -0.632 e. The SMILES string of the molecule is CC(C)(Cc1ccc2c(c1)OCO2)[N+]1([O-])CC1. The molecular formula is C13H17NO3. The van der Waals surface area contributed by atoms with Crippen molar-refractivity contribution in [3.05, 3.63) is 29.0 Å². The minimum absolute atomic E-state index is 0.0680. The highest BCUT2D eigenvalue weighted by Gasteiger charge is 2.46. The second kappa shape index (κ2) is 3.37. The van der Waals surface area contributed by atoms with Gasteiger partial charge < -0.3 is 19.3 Å². The molecule has 1 saturated heterocycles. The smallest absolute Gasteiger partial charge is 0.231 e. The van der Waals surface area contributed by atoms with E-state index in [4.69, 9.17) is 9.47 Å². The predicted octanol–water partition coefficient (Wildman–Crippen LogP) is 2.06. The van der Waals surface area contributed by atoms with Gasteiger partial charge in [0.25, 0.3) is 0 Å². The Morgan fingerprint density at radius 3 is 2.65 bits per heavy atom. The zero-order valence-corrected chi connectivity index (χ0v) is 10.2. The largest absolute Gasteiger partial charge is 0.632 e. The van der Waals surface area contributed by atoms with Crippen molar-refractivity contribution in [3.8, 4) is 11.5 Å². The Balaban J connectivity index is 1.81. The maximum atomic E-state index is 12.2. The normalized spacial score (nSPS) is 20.4. The van der Waals surface area contributed by atoms with Gasteiger partial charge in [0.05, 0.1) is 5.54 Å². The van der Waals surface area contributed by atoms with Crippen LogP contribution >= 0.6 is 0 Å². The lowest BCUT2D eigenvalue weighted by atomic mass is 9.94. The van der Waals surface area contributed by atoms with Crippen molar-refractivity contribution in [2.75, 3.05) is 19.9 Å². The molecule has 0 aliphatic carbocycles. The molecular weight excluding hydrogens is 218 g/mol. The van der Waals surface area contributed by atoms with Crippen molar-refractivity contribution in [2.24, 2.45) is 0 Å². The summed E-state index contributed by atoms with van der Waals surface area (Å²) in [5, 5.41) is 12.2. The van der Waals surface area contributed by atoms with Crippen molar-refractivity contribution >= 4 is 0 Å². The molecule has 17 heavy (non-hydrogen) atoms. The first-order valence-corrected chi connectivity index (χ1v) is 5.97. The summed E-state index contributed by atoms with van der Waals surface area (Å²) in [7, 11) is 0. The molecule has 0 radical (unpaired) electrons. The summed E-state index contributed by atoms with van der Waals surface area (Å²) in [6.45, 7) is 5.87. The van der Waals surface area contributed by atoms with Crippen LogP contribution in [-0.2, 0) is 6.42 Å². The van der Waals surface area contributed by atoms with Gasteiger partial charge in [-0.25, -0.2) is 0 Å². The first-order valence-electron chi connectivity index (χ1n) is 5.97. The van der Waals surface area contributed by atoms with Crippen LogP contribution in [0.5, 0.6) is 11.5 Å². The number of ether oxygens (including phenoxy) is 2. The van der Waals surface area contributed by atoms with Crippen molar-refractivity contribution in [2.45, 2.75) is 25.8 Å². The molecule has 0 aromatic heterocycles. The van der Waals surface area contributed by atoms with Crippen LogP contribution in [0.4, 0.5) is 0 Å². The third-order valence-electron chi connectivity index (χ3n) is 3.81. The molecule has 0 amide bonds. The van der Waals surface area contributed by atoms with E-state index in [0.29, 0.717) is 6.79 Å². The number of hydroxylamine groups is 3. The van der Waals surface area contributed by atoms with Gasteiger partial charge in [0.15, 0.2) is 11.5 Å². The molecule has 0 unspecified atom stereocenters. The Hall–Kier alpha value is -1.26. The van der Waals surface area contributed by atoms with E-state index in [9.17, 15) is 5.21 Å². The van der Waals surface area contributed by atoms with E-state index in [0.717, 1.165) is 36.6 Å². The van der Waals surface area contributed by atoms with Gasteiger partial charge >= 0.3 is 0 Å². The third-order valence-corrected chi connectivity index (χ3v) is 3.81. The monoisotopic (exact) mass is 235 g/mol. The Morgan fingerprint density at radius 1 is 1.24 bits per heavy atom. The number of rotatable bonds is 3. The number of fused-ring (bicyclic) bond motifs is 1. The molecule has 0 atom stereocenters. The Bertz CT molecular complexity index is 452. The molecule has 2 aliphatic heterocycles. The van der Waals surface area contributed by atoms with Crippen molar-refractivity contribution in [3.63, 3.8) is 0 Å². The predicted molar refractivity (Wildman–Crippen MR) is 63.7 cm³/mol. The molecule has 2 heterocycles. The minimum atomic E-state index is -0.256. The van der Waals surface area contributed by atoms with Crippen LogP contribution in [0, 0.1) is 5.21 Å². The summed E-state index contributed by atoms with van der Waals surface area (Å²) in [5.74, 6) is 1.59. The Morgan fingerprint density at radius 2 is 1.94 bits per heavy atom. The van der Waals surface area contributed by atoms with E-state index in [2.05, 4.69) is 0 Å². The fraction of sp³-hybridized carbons (Fsp3) is 0.538. The second-order valence-corrected chi connectivity index (χ2v) is 5.51. The molecule has 0 saturated carbocycles. The van der Waals surface area contributed by atoms with E-state index in [1.54, 1.807) is 0 Å². The quantitative estimate of drug-likeness (QED) is 0.457. The van der Waals surface area contributed by atoms with Gasteiger partial charge in [-0.3, -0.25) is 0 Å². The summed E-state index contributed by atoms with van der Waals surface area (Å²) in [6.07, 6.45) is 0.771. The van der Waals surface area contributed by atoms with Crippen LogP contribution in [-0.4, -0.2) is 30.1 Å². The molecule has 4 heteroatoms. The number of hydrogen-bond donors (Lipinski definition) is 0. The summed E-state index contributed by atoms with van der Waals surface area (Å²) in [6, 6.07) is 5.93. The fourth-order valence-corrected chi connectivity index (χ4v) is 2.39. The van der Waals surface area contributed by atoms with Crippen molar-refractivity contribution < 1.29 is 14.1 Å². The Kier molecular flexibility index (Phi) is 2.15. The highest BCUT2D eigenvalue weighted by Crippen LogP contribution is 2.38. The first-order chi connectivity index (χ1) is 8.00. The van der Waals surface area contributed by atoms with Crippen LogP contribution in [0.1, 0.15) is 19.4 Å². The first kappa shape index (κ1) is 10.9. The lowest BCUT2D eigenvalue weighted by Gasteiger charge is -2.39. The molecule has 1 aromatic rings. The highest BCUT2D eigenvalue weighted by atomic mass is 16.7. The van der Waals surface area contributed by atoms with Crippen molar-refractivity contribution in [1.29, 1.82) is 0 Å². The van der Waals surface area contributed by atoms with E-state index in [-0.39, 0.29) is 10.2 Å². The van der Waals surface area contributed by atoms with Crippen LogP contribution in [0.3, 0.4) is 0 Å². The van der Waals surface area contributed by atoms with Gasteiger partial charge in [-0.1, -0.05) is 6.07 Å². The molecule has 1 aromatic carbocycles. The molecule has 4 nitrogen and oxygen atoms in total. The van der Waals surface area contributed by atoms with Gasteiger partial charge in [-0.15, -0.1) is 0 Å². The lowest BCUT2D eigenvalue weighted by Crippen LogP contribution is -2.44. The molecule has 92 valence electrons. The summed E-state index contributed by atoms with van der Waals surface area (Å²) >= 11 is 0. The highest BCUT2D eigenvalue weighted by molar-refractivity contribution is 5.44. The maximum absolute atomic E-state index is 12.2. The van der Waals surface area contributed by atoms with Crippen LogP contribution in [0.15, 0.2) is 18.2 Å². The molecule has 0 bridgehead atoms. The number of quaternary nitrogens is 1.